The molecule has 0 saturated heterocycles. The topological polar surface area (TPSA) is 146 Å². The van der Waals surface area contributed by atoms with Crippen LogP contribution in [0.25, 0.3) is 122 Å². The summed E-state index contributed by atoms with van der Waals surface area (Å²) < 4.78 is 121. The largest absolute Gasteiger partial charge is 0.309 e. The van der Waals surface area contributed by atoms with Crippen LogP contribution in [0.15, 0.2) is 330 Å². The number of fused-ring (bicyclic) bond motifs is 10. The third-order valence-corrected chi connectivity index (χ3v) is 26.1. The van der Waals surface area contributed by atoms with E-state index in [1.807, 2.05) is 121 Å². The molecule has 10 nitrogen and oxygen atoms in total. The molecular formula is C78H48N2O8S4. The number of sulfone groups is 4. The maximum atomic E-state index is 14.7. The lowest BCUT2D eigenvalue weighted by molar-refractivity contribution is 0.570. The monoisotopic (exact) mass is 1270 g/mol. The van der Waals surface area contributed by atoms with Gasteiger partial charge in [-0.05, 0) is 153 Å². The van der Waals surface area contributed by atoms with Crippen LogP contribution in [0.4, 0.5) is 0 Å². The molecule has 2 aliphatic heterocycles. The van der Waals surface area contributed by atoms with Crippen LogP contribution in [-0.2, 0) is 39.3 Å². The Bertz CT molecular complexity index is 5740. The van der Waals surface area contributed by atoms with Crippen LogP contribution in [0.5, 0.6) is 0 Å². The predicted octanol–water partition coefficient (Wildman–Crippen LogP) is 17.8. The number of nitrogens with zero attached hydrogens (tertiary/aromatic N) is 2. The molecule has 0 fully saturated rings. The van der Waals surface area contributed by atoms with Crippen molar-refractivity contribution in [2.75, 3.05) is 0 Å². The van der Waals surface area contributed by atoms with E-state index in [0.29, 0.717) is 33.4 Å². The fraction of sp³-hybridized carbons (Fsp3) is 0. The molecule has 14 heteroatoms. The second kappa shape index (κ2) is 20.4. The molecular weight excluding hydrogens is 1220 g/mol. The molecule has 0 N–H and O–H groups in total. The fourth-order valence-corrected chi connectivity index (χ4v) is 22.4. The third kappa shape index (κ3) is 8.07. The average Bonchev–Trinajstić information content (AvgIpc) is 1.10. The molecule has 0 bridgehead atoms. The standard InChI is InChI=1S/C78H48N2O8S4/c81-89(82)71-37-17-19-39-73(71)91(85,86)77-45-49(41-43-75(77)89)51-21-1-3-23-53(51)61-47-64(60-30-10-16-36-70(60)80-67-33-13-7-27-57(67)58-28-8-14-34-68(58)80)62(48-63(61)59-29-9-15-35-69(59)79-65-31-11-5-25-55(65)56-26-6-12-32-66(56)79)54-24-4-2-22-52(54)50-42-44-76-78(46-50)92(87,88)74-40-20-18-38-72(74)90(76,83)84/h1-48H. The Hall–Kier alpha value is -10.7. The van der Waals surface area contributed by atoms with Gasteiger partial charge in [0.25, 0.3) is 0 Å². The summed E-state index contributed by atoms with van der Waals surface area (Å²) in [6.07, 6.45) is 0. The van der Waals surface area contributed by atoms with Crippen LogP contribution in [0, 0.1) is 0 Å². The lowest BCUT2D eigenvalue weighted by atomic mass is 9.81. The second-order valence-electron chi connectivity index (χ2n) is 23.0. The number of hydrogen-bond donors (Lipinski definition) is 0. The van der Waals surface area contributed by atoms with Gasteiger partial charge in [-0.15, -0.1) is 0 Å². The van der Waals surface area contributed by atoms with Gasteiger partial charge >= 0.3 is 0 Å². The van der Waals surface area contributed by atoms with Gasteiger partial charge in [0.1, 0.15) is 0 Å². The molecule has 2 aromatic heterocycles. The zero-order valence-corrected chi connectivity index (χ0v) is 51.8. The summed E-state index contributed by atoms with van der Waals surface area (Å²) in [6, 6.07) is 90.1. The summed E-state index contributed by atoms with van der Waals surface area (Å²) in [4.78, 5) is -2.32. The van der Waals surface area contributed by atoms with Gasteiger partial charge in [0.2, 0.25) is 39.3 Å². The van der Waals surface area contributed by atoms with Gasteiger partial charge in [-0.3, -0.25) is 0 Å². The van der Waals surface area contributed by atoms with E-state index in [-0.39, 0.29) is 39.2 Å². The van der Waals surface area contributed by atoms with E-state index >= 15 is 0 Å². The Balaban J connectivity index is 0.998. The van der Waals surface area contributed by atoms with Crippen LogP contribution >= 0.6 is 0 Å². The molecule has 0 unspecified atom stereocenters. The number of rotatable bonds is 8. The van der Waals surface area contributed by atoms with Gasteiger partial charge in [-0.2, -0.15) is 0 Å². The van der Waals surface area contributed by atoms with Gasteiger partial charge in [0.15, 0.2) is 0 Å². The van der Waals surface area contributed by atoms with E-state index in [4.69, 9.17) is 0 Å². The Morgan fingerprint density at radius 2 is 0.424 bits per heavy atom. The Morgan fingerprint density at radius 3 is 0.761 bits per heavy atom. The average molecular weight is 1270 g/mol. The molecule has 442 valence electrons. The van der Waals surface area contributed by atoms with Gasteiger partial charge < -0.3 is 9.13 Å². The first-order chi connectivity index (χ1) is 44.7. The molecule has 13 aromatic carbocycles. The van der Waals surface area contributed by atoms with E-state index in [9.17, 15) is 33.7 Å². The molecule has 0 atom stereocenters. The Labute approximate surface area is 530 Å². The first kappa shape index (κ1) is 55.3. The summed E-state index contributed by atoms with van der Waals surface area (Å²) in [5.74, 6) is 0. The van der Waals surface area contributed by atoms with Crippen LogP contribution in [0.3, 0.4) is 0 Å². The van der Waals surface area contributed by atoms with Crippen molar-refractivity contribution in [3.63, 3.8) is 0 Å². The van der Waals surface area contributed by atoms with E-state index < -0.39 is 39.3 Å². The summed E-state index contributed by atoms with van der Waals surface area (Å²) in [5, 5.41) is 4.24. The van der Waals surface area contributed by atoms with Crippen LogP contribution in [-0.4, -0.2) is 42.8 Å². The minimum Gasteiger partial charge on any atom is -0.309 e. The molecule has 15 aromatic rings. The predicted molar refractivity (Wildman–Crippen MR) is 362 cm³/mol. The lowest BCUT2D eigenvalue weighted by Crippen LogP contribution is -2.19. The SMILES string of the molecule is O=S1(=O)c2ccccc2S(=O)(=O)c2cc(-c3ccccc3-c3cc(-c4ccccc4-n4c5ccccc5c5ccccc54)c(-c4ccccc4-c4ccc5c(c4)S(=O)(=O)c4ccccc4S5(=O)=O)cc3-c3ccccc3-n3c4ccccc4c4ccccc43)ccc21. The summed E-state index contributed by atoms with van der Waals surface area (Å²) in [7, 11) is -17.2. The van der Waals surface area contributed by atoms with Gasteiger partial charge in [-0.25, -0.2) is 33.7 Å². The lowest BCUT2D eigenvalue weighted by Gasteiger charge is -2.25. The summed E-state index contributed by atoms with van der Waals surface area (Å²) in [6.45, 7) is 0. The first-order valence-electron chi connectivity index (χ1n) is 29.7. The molecule has 4 heterocycles. The molecule has 0 aliphatic carbocycles. The highest BCUT2D eigenvalue weighted by molar-refractivity contribution is 7.98. The van der Waals surface area contributed by atoms with E-state index in [1.165, 1.54) is 72.8 Å². The Morgan fingerprint density at radius 1 is 0.185 bits per heavy atom. The van der Waals surface area contributed by atoms with Crippen molar-refractivity contribution in [2.45, 2.75) is 39.2 Å². The minimum absolute atomic E-state index is 0.266. The molecule has 0 amide bonds. The maximum Gasteiger partial charge on any atom is 0.209 e. The fourth-order valence-electron chi connectivity index (χ4n) is 14.1. The van der Waals surface area contributed by atoms with Crippen molar-refractivity contribution < 1.29 is 33.7 Å². The maximum absolute atomic E-state index is 14.7. The van der Waals surface area contributed by atoms with Crippen molar-refractivity contribution in [1.82, 2.24) is 9.13 Å². The van der Waals surface area contributed by atoms with E-state index in [2.05, 4.69) is 94.1 Å². The minimum atomic E-state index is -4.34. The van der Waals surface area contributed by atoms with Crippen molar-refractivity contribution in [3.05, 3.63) is 291 Å². The summed E-state index contributed by atoms with van der Waals surface area (Å²) >= 11 is 0. The van der Waals surface area contributed by atoms with Crippen LogP contribution in [0.1, 0.15) is 0 Å². The molecule has 92 heavy (non-hydrogen) atoms. The zero-order chi connectivity index (χ0) is 62.4. The number of benzene rings is 13. The molecule has 0 spiro atoms. The van der Waals surface area contributed by atoms with Crippen molar-refractivity contribution in [1.29, 1.82) is 0 Å². The van der Waals surface area contributed by atoms with Crippen LogP contribution < -0.4 is 0 Å². The van der Waals surface area contributed by atoms with Crippen molar-refractivity contribution in [2.24, 2.45) is 0 Å². The van der Waals surface area contributed by atoms with Gasteiger partial charge in [-0.1, -0.05) is 194 Å². The summed E-state index contributed by atoms with van der Waals surface area (Å²) in [5.41, 5.74) is 13.8. The quantitative estimate of drug-likeness (QED) is 0.146. The Kier molecular flexibility index (Phi) is 12.3. The third-order valence-electron chi connectivity index (χ3n) is 18.1. The molecule has 0 saturated carbocycles. The highest BCUT2D eigenvalue weighted by Crippen LogP contribution is 2.52. The van der Waals surface area contributed by atoms with E-state index in [0.717, 1.165) is 88.4 Å². The van der Waals surface area contributed by atoms with Gasteiger partial charge in [0, 0.05) is 32.7 Å². The van der Waals surface area contributed by atoms with E-state index in [1.54, 1.807) is 12.1 Å². The number of aromatic nitrogens is 2. The number of hydrogen-bond acceptors (Lipinski definition) is 8. The molecule has 0 radical (unpaired) electrons. The smallest absolute Gasteiger partial charge is 0.209 e. The first-order valence-corrected chi connectivity index (χ1v) is 35.6. The molecule has 2 aliphatic rings. The number of para-hydroxylation sites is 6. The van der Waals surface area contributed by atoms with Gasteiger partial charge in [0.05, 0.1) is 72.6 Å². The van der Waals surface area contributed by atoms with Crippen LogP contribution in [0.2, 0.25) is 0 Å². The highest BCUT2D eigenvalue weighted by atomic mass is 32.2. The van der Waals surface area contributed by atoms with Crippen molar-refractivity contribution >= 4 is 83.0 Å². The zero-order valence-electron chi connectivity index (χ0n) is 48.5. The normalized spacial score (nSPS) is 14.8. The second-order valence-corrected chi connectivity index (χ2v) is 30.6. The highest BCUT2D eigenvalue weighted by Gasteiger charge is 2.41. The molecule has 17 rings (SSSR count). The van der Waals surface area contributed by atoms with Crippen molar-refractivity contribution in [3.8, 4) is 78.1 Å².